The summed E-state index contributed by atoms with van der Waals surface area (Å²) in [6.45, 7) is 5.74. The summed E-state index contributed by atoms with van der Waals surface area (Å²) in [7, 11) is 0. The van der Waals surface area contributed by atoms with E-state index in [0.29, 0.717) is 11.6 Å². The van der Waals surface area contributed by atoms with Crippen molar-refractivity contribution >= 4 is 5.69 Å². The fourth-order valence-electron chi connectivity index (χ4n) is 0.912. The van der Waals surface area contributed by atoms with Gasteiger partial charge in [-0.2, -0.15) is 5.26 Å². The molecule has 0 aliphatic heterocycles. The zero-order valence-corrected chi connectivity index (χ0v) is 8.53. The van der Waals surface area contributed by atoms with Gasteiger partial charge in [0.25, 0.3) is 0 Å². The molecule has 0 aliphatic rings. The van der Waals surface area contributed by atoms with Crippen LogP contribution in [-0.4, -0.2) is 10.6 Å². The number of anilines is 1. The van der Waals surface area contributed by atoms with E-state index in [1.54, 1.807) is 12.1 Å². The molecule has 0 aliphatic carbocycles. The van der Waals surface area contributed by atoms with Gasteiger partial charge in [0.2, 0.25) is 5.88 Å². The largest absolute Gasteiger partial charge is 0.472 e. The second-order valence-corrected chi connectivity index (χ2v) is 3.91. The molecule has 1 aromatic rings. The number of hydrogen-bond acceptors (Lipinski definition) is 4. The van der Waals surface area contributed by atoms with Crippen molar-refractivity contribution in [2.45, 2.75) is 26.4 Å². The van der Waals surface area contributed by atoms with Crippen LogP contribution < -0.4 is 10.5 Å². The second-order valence-electron chi connectivity index (χ2n) is 3.91. The quantitative estimate of drug-likeness (QED) is 0.733. The number of pyridine rings is 1. The molecule has 4 heteroatoms. The first-order valence-corrected chi connectivity index (χ1v) is 4.28. The van der Waals surface area contributed by atoms with E-state index in [-0.39, 0.29) is 11.3 Å². The maximum atomic E-state index is 8.69. The molecule has 0 unspecified atom stereocenters. The third-order valence-corrected chi connectivity index (χ3v) is 1.42. The van der Waals surface area contributed by atoms with Gasteiger partial charge in [0.15, 0.2) is 5.69 Å². The van der Waals surface area contributed by atoms with Gasteiger partial charge in [-0.05, 0) is 26.8 Å². The summed E-state index contributed by atoms with van der Waals surface area (Å²) in [6.07, 6.45) is 0. The molecule has 4 nitrogen and oxygen atoms in total. The van der Waals surface area contributed by atoms with Gasteiger partial charge in [0.1, 0.15) is 11.7 Å². The fraction of sp³-hybridized carbons (Fsp3) is 0.400. The number of nitrogens with zero attached hydrogens (tertiary/aromatic N) is 2. The van der Waals surface area contributed by atoms with Gasteiger partial charge < -0.3 is 10.5 Å². The van der Waals surface area contributed by atoms with Crippen LogP contribution in [0.5, 0.6) is 5.88 Å². The van der Waals surface area contributed by atoms with E-state index >= 15 is 0 Å². The normalized spacial score (nSPS) is 10.7. The molecule has 0 radical (unpaired) electrons. The third-order valence-electron chi connectivity index (χ3n) is 1.42. The molecule has 0 spiro atoms. The minimum absolute atomic E-state index is 0.201. The molecule has 0 bridgehead atoms. The Morgan fingerprint density at radius 3 is 2.57 bits per heavy atom. The monoisotopic (exact) mass is 191 g/mol. The Kier molecular flexibility index (Phi) is 2.61. The molecule has 14 heavy (non-hydrogen) atoms. The molecule has 74 valence electrons. The zero-order chi connectivity index (χ0) is 10.8. The zero-order valence-electron chi connectivity index (χ0n) is 8.53. The van der Waals surface area contributed by atoms with Crippen LogP contribution in [-0.2, 0) is 0 Å². The van der Waals surface area contributed by atoms with Crippen molar-refractivity contribution in [3.63, 3.8) is 0 Å². The molecule has 1 rings (SSSR count). The van der Waals surface area contributed by atoms with Gasteiger partial charge in [-0.25, -0.2) is 4.98 Å². The molecule has 2 N–H and O–H groups in total. The number of aromatic nitrogens is 1. The van der Waals surface area contributed by atoms with Crippen molar-refractivity contribution in [2.24, 2.45) is 0 Å². The number of nitrogen functional groups attached to an aromatic ring is 1. The molecule has 0 amide bonds. The summed E-state index contributed by atoms with van der Waals surface area (Å²) in [5.74, 6) is 0.420. The summed E-state index contributed by atoms with van der Waals surface area (Å²) in [4.78, 5) is 3.97. The minimum atomic E-state index is -0.324. The van der Waals surface area contributed by atoms with Crippen molar-refractivity contribution in [1.29, 1.82) is 5.26 Å². The average molecular weight is 191 g/mol. The smallest absolute Gasteiger partial charge is 0.215 e. The first kappa shape index (κ1) is 10.3. The van der Waals surface area contributed by atoms with Crippen LogP contribution in [0.25, 0.3) is 0 Å². The van der Waals surface area contributed by atoms with Crippen LogP contribution in [0.1, 0.15) is 26.5 Å². The summed E-state index contributed by atoms with van der Waals surface area (Å²) in [5, 5.41) is 8.69. The van der Waals surface area contributed by atoms with Gasteiger partial charge in [-0.3, -0.25) is 0 Å². The van der Waals surface area contributed by atoms with Crippen molar-refractivity contribution in [3.8, 4) is 11.9 Å². The van der Waals surface area contributed by atoms with Crippen molar-refractivity contribution < 1.29 is 4.74 Å². The third kappa shape index (κ3) is 2.63. The number of rotatable bonds is 1. The number of nitriles is 1. The van der Waals surface area contributed by atoms with Gasteiger partial charge in [-0.15, -0.1) is 0 Å². The predicted octanol–water partition coefficient (Wildman–Crippen LogP) is 1.71. The number of hydrogen-bond donors (Lipinski definition) is 1. The summed E-state index contributed by atoms with van der Waals surface area (Å²) < 4.78 is 5.48. The lowest BCUT2D eigenvalue weighted by molar-refractivity contribution is 0.124. The van der Waals surface area contributed by atoms with Gasteiger partial charge in [0.05, 0.1) is 5.69 Å². The molecule has 1 aromatic heterocycles. The van der Waals surface area contributed by atoms with Crippen LogP contribution in [0.4, 0.5) is 5.69 Å². The minimum Gasteiger partial charge on any atom is -0.472 e. The highest BCUT2D eigenvalue weighted by atomic mass is 16.5. The van der Waals surface area contributed by atoms with Crippen LogP contribution in [0.15, 0.2) is 12.1 Å². The maximum Gasteiger partial charge on any atom is 0.215 e. The molecule has 0 fully saturated rings. The summed E-state index contributed by atoms with van der Waals surface area (Å²) in [5.41, 5.74) is 5.77. The van der Waals surface area contributed by atoms with Crippen molar-refractivity contribution in [1.82, 2.24) is 4.98 Å². The molecular weight excluding hydrogens is 178 g/mol. The fourth-order valence-corrected chi connectivity index (χ4v) is 0.912. The SMILES string of the molecule is CC(C)(C)Oc1ccc(N)c(C#N)n1. The maximum absolute atomic E-state index is 8.69. The second kappa shape index (κ2) is 3.54. The van der Waals surface area contributed by atoms with E-state index in [9.17, 15) is 0 Å². The van der Waals surface area contributed by atoms with Crippen molar-refractivity contribution in [3.05, 3.63) is 17.8 Å². The first-order valence-electron chi connectivity index (χ1n) is 4.28. The first-order chi connectivity index (χ1) is 6.42. The lowest BCUT2D eigenvalue weighted by Gasteiger charge is -2.20. The lowest BCUT2D eigenvalue weighted by Crippen LogP contribution is -2.23. The highest BCUT2D eigenvalue weighted by Crippen LogP contribution is 2.18. The van der Waals surface area contributed by atoms with E-state index in [1.807, 2.05) is 26.8 Å². The molecule has 1 heterocycles. The van der Waals surface area contributed by atoms with Crippen LogP contribution in [0.3, 0.4) is 0 Å². The highest BCUT2D eigenvalue weighted by Gasteiger charge is 2.13. The van der Waals surface area contributed by atoms with Gasteiger partial charge in [-0.1, -0.05) is 0 Å². The number of ether oxygens (including phenoxy) is 1. The Morgan fingerprint density at radius 1 is 1.43 bits per heavy atom. The van der Waals surface area contributed by atoms with Gasteiger partial charge in [0, 0.05) is 6.07 Å². The average Bonchev–Trinajstić information content (AvgIpc) is 2.06. The topological polar surface area (TPSA) is 71.9 Å². The van der Waals surface area contributed by atoms with Crippen molar-refractivity contribution in [2.75, 3.05) is 5.73 Å². The predicted molar refractivity (Wildman–Crippen MR) is 53.7 cm³/mol. The Balaban J connectivity index is 2.97. The molecule has 0 aromatic carbocycles. The Morgan fingerprint density at radius 2 is 2.07 bits per heavy atom. The summed E-state index contributed by atoms with van der Waals surface area (Å²) >= 11 is 0. The lowest BCUT2D eigenvalue weighted by atomic mass is 10.2. The highest BCUT2D eigenvalue weighted by molar-refractivity contribution is 5.50. The molecule has 0 saturated heterocycles. The van der Waals surface area contributed by atoms with E-state index in [4.69, 9.17) is 15.7 Å². The van der Waals surface area contributed by atoms with E-state index in [0.717, 1.165) is 0 Å². The van der Waals surface area contributed by atoms with Crippen LogP contribution in [0.2, 0.25) is 0 Å². The molecular formula is C10H13N3O. The summed E-state index contributed by atoms with van der Waals surface area (Å²) in [6, 6.07) is 5.18. The Labute approximate surface area is 83.3 Å². The molecule has 0 saturated carbocycles. The van der Waals surface area contributed by atoms with Crippen LogP contribution in [0, 0.1) is 11.3 Å². The van der Waals surface area contributed by atoms with E-state index in [2.05, 4.69) is 4.98 Å². The van der Waals surface area contributed by atoms with E-state index in [1.165, 1.54) is 0 Å². The van der Waals surface area contributed by atoms with Crippen LogP contribution >= 0.6 is 0 Å². The van der Waals surface area contributed by atoms with Gasteiger partial charge >= 0.3 is 0 Å². The standard InChI is InChI=1S/C10H13N3O/c1-10(2,3)14-9-5-4-7(12)8(6-11)13-9/h4-5H,12H2,1-3H3. The Bertz CT molecular complexity index is 374. The van der Waals surface area contributed by atoms with E-state index < -0.39 is 0 Å². The Hall–Kier alpha value is -1.76. The number of nitrogens with two attached hydrogens (primary N) is 1. The molecule has 0 atom stereocenters.